The highest BCUT2D eigenvalue weighted by molar-refractivity contribution is 5.86. The third-order valence-corrected chi connectivity index (χ3v) is 6.54. The number of benzene rings is 2. The molecule has 0 amide bonds. The van der Waals surface area contributed by atoms with Gasteiger partial charge in [0.15, 0.2) is 11.5 Å². The van der Waals surface area contributed by atoms with Crippen molar-refractivity contribution < 1.29 is 28.8 Å². The fraction of sp³-hybridized carbons (Fsp3) is 0.444. The molecule has 0 spiro atoms. The van der Waals surface area contributed by atoms with E-state index in [1.807, 2.05) is 36.4 Å². The first kappa shape index (κ1) is 23.7. The minimum atomic E-state index is -0.0890. The molecule has 1 saturated heterocycles. The Morgan fingerprint density at radius 2 is 1.94 bits per heavy atom. The molecule has 0 aliphatic carbocycles. The van der Waals surface area contributed by atoms with Gasteiger partial charge in [0.05, 0.1) is 24.8 Å². The lowest BCUT2D eigenvalue weighted by Gasteiger charge is -2.37. The summed E-state index contributed by atoms with van der Waals surface area (Å²) in [5.74, 6) is 3.11. The molecule has 1 aromatic heterocycles. The number of methoxy groups -OCH3 is 1. The van der Waals surface area contributed by atoms with Gasteiger partial charge in [-0.15, -0.1) is 0 Å². The van der Waals surface area contributed by atoms with Crippen LogP contribution in [-0.2, 0) is 11.3 Å². The van der Waals surface area contributed by atoms with Crippen LogP contribution in [0.15, 0.2) is 48.7 Å². The van der Waals surface area contributed by atoms with Crippen molar-refractivity contribution in [2.45, 2.75) is 44.1 Å². The molecule has 8 nitrogen and oxygen atoms in total. The Labute approximate surface area is 205 Å². The highest BCUT2D eigenvalue weighted by Gasteiger charge is 2.31. The molecule has 8 heteroatoms. The van der Waals surface area contributed by atoms with Crippen molar-refractivity contribution in [3.05, 3.63) is 54.2 Å². The van der Waals surface area contributed by atoms with E-state index in [1.54, 1.807) is 13.3 Å². The Hall–Kier alpha value is -3.07. The van der Waals surface area contributed by atoms with Crippen LogP contribution in [0.2, 0.25) is 0 Å². The number of hydrogen-bond donors (Lipinski definition) is 2. The Kier molecular flexibility index (Phi) is 7.51. The normalized spacial score (nSPS) is 21.6. The second-order valence-electron chi connectivity index (χ2n) is 8.85. The predicted octanol–water partition coefficient (Wildman–Crippen LogP) is 3.48. The summed E-state index contributed by atoms with van der Waals surface area (Å²) < 4.78 is 29.2. The van der Waals surface area contributed by atoms with Gasteiger partial charge in [-0.2, -0.15) is 0 Å². The fourth-order valence-electron chi connectivity index (χ4n) is 4.70. The molecule has 186 valence electrons. The molecule has 35 heavy (non-hydrogen) atoms. The van der Waals surface area contributed by atoms with Gasteiger partial charge in [0.2, 0.25) is 0 Å². The van der Waals surface area contributed by atoms with Gasteiger partial charge in [-0.3, -0.25) is 4.98 Å². The topological polar surface area (TPSA) is 91.3 Å². The molecule has 3 aromatic rings. The third-order valence-electron chi connectivity index (χ3n) is 6.54. The van der Waals surface area contributed by atoms with E-state index < -0.39 is 0 Å². The number of aliphatic hydroxyl groups is 1. The quantitative estimate of drug-likeness (QED) is 0.481. The lowest BCUT2D eigenvalue weighted by atomic mass is 9.96. The van der Waals surface area contributed by atoms with E-state index in [0.717, 1.165) is 52.3 Å². The smallest absolute Gasteiger partial charge is 0.161 e. The summed E-state index contributed by atoms with van der Waals surface area (Å²) in [5.41, 5.74) is 1.98. The Bertz CT molecular complexity index is 1140. The number of hydrogen-bond acceptors (Lipinski definition) is 8. The Morgan fingerprint density at radius 1 is 1.06 bits per heavy atom. The number of rotatable bonds is 9. The van der Waals surface area contributed by atoms with E-state index in [2.05, 4.69) is 16.4 Å². The second kappa shape index (κ2) is 11.1. The average Bonchev–Trinajstić information content (AvgIpc) is 2.91. The lowest BCUT2D eigenvalue weighted by molar-refractivity contribution is -0.0909. The van der Waals surface area contributed by atoms with Crippen LogP contribution in [0.5, 0.6) is 23.0 Å². The predicted molar refractivity (Wildman–Crippen MR) is 131 cm³/mol. The summed E-state index contributed by atoms with van der Waals surface area (Å²) in [6.45, 7) is 2.37. The summed E-state index contributed by atoms with van der Waals surface area (Å²) in [6, 6.07) is 13.8. The molecule has 5 rings (SSSR count). The Morgan fingerprint density at radius 3 is 2.80 bits per heavy atom. The molecule has 0 unspecified atom stereocenters. The van der Waals surface area contributed by atoms with Gasteiger partial charge in [-0.05, 0) is 61.2 Å². The van der Waals surface area contributed by atoms with Crippen molar-refractivity contribution in [2.75, 3.05) is 33.5 Å². The van der Waals surface area contributed by atoms with Crippen molar-refractivity contribution in [1.29, 1.82) is 0 Å². The second-order valence-corrected chi connectivity index (χ2v) is 8.85. The highest BCUT2D eigenvalue weighted by Crippen LogP contribution is 2.32. The zero-order valence-corrected chi connectivity index (χ0v) is 19.9. The van der Waals surface area contributed by atoms with Gasteiger partial charge < -0.3 is 34.1 Å². The molecule has 2 N–H and O–H groups in total. The summed E-state index contributed by atoms with van der Waals surface area (Å²) in [6.07, 6.45) is 3.99. The van der Waals surface area contributed by atoms with Gasteiger partial charge in [0.1, 0.15) is 31.3 Å². The van der Waals surface area contributed by atoms with Gasteiger partial charge >= 0.3 is 0 Å². The van der Waals surface area contributed by atoms with Crippen LogP contribution in [0.25, 0.3) is 10.9 Å². The maximum atomic E-state index is 9.63. The van der Waals surface area contributed by atoms with Crippen LogP contribution in [0, 0.1) is 0 Å². The lowest BCUT2D eigenvalue weighted by Crippen LogP contribution is -2.48. The average molecular weight is 481 g/mol. The van der Waals surface area contributed by atoms with Gasteiger partial charge in [0, 0.05) is 30.8 Å². The first-order chi connectivity index (χ1) is 17.2. The SMILES string of the molecule is COc1ccc2nccc(OC[C@@H]3CC[C@@H](NCc4ccc5c(c4)OCCO5)[C@@H](CCO)O3)c2c1. The minimum Gasteiger partial charge on any atom is -0.497 e. The van der Waals surface area contributed by atoms with Crippen molar-refractivity contribution >= 4 is 10.9 Å². The number of ether oxygens (including phenoxy) is 5. The summed E-state index contributed by atoms with van der Waals surface area (Å²) >= 11 is 0. The van der Waals surface area contributed by atoms with Gasteiger partial charge in [-0.25, -0.2) is 0 Å². The number of aromatic nitrogens is 1. The van der Waals surface area contributed by atoms with Crippen LogP contribution in [0.3, 0.4) is 0 Å². The number of fused-ring (bicyclic) bond motifs is 2. The van der Waals surface area contributed by atoms with Gasteiger partial charge in [-0.1, -0.05) is 6.07 Å². The molecule has 3 atom stereocenters. The summed E-state index contributed by atoms with van der Waals surface area (Å²) in [4.78, 5) is 4.41. The van der Waals surface area contributed by atoms with Crippen molar-refractivity contribution in [3.63, 3.8) is 0 Å². The number of aliphatic hydroxyl groups excluding tert-OH is 1. The molecular weight excluding hydrogens is 448 g/mol. The zero-order chi connectivity index (χ0) is 24.0. The number of nitrogens with zero attached hydrogens (tertiary/aromatic N) is 1. The molecule has 2 aromatic carbocycles. The minimum absolute atomic E-state index is 0.0484. The molecule has 1 fully saturated rings. The zero-order valence-electron chi connectivity index (χ0n) is 19.9. The van der Waals surface area contributed by atoms with Crippen molar-refractivity contribution in [2.24, 2.45) is 0 Å². The summed E-state index contributed by atoms with van der Waals surface area (Å²) in [5, 5.41) is 14.2. The first-order valence-corrected chi connectivity index (χ1v) is 12.2. The van der Waals surface area contributed by atoms with E-state index in [9.17, 15) is 5.11 Å². The van der Waals surface area contributed by atoms with Crippen LogP contribution in [-0.4, -0.2) is 61.9 Å². The van der Waals surface area contributed by atoms with E-state index in [0.29, 0.717) is 32.8 Å². The maximum absolute atomic E-state index is 9.63. The monoisotopic (exact) mass is 480 g/mol. The molecule has 0 radical (unpaired) electrons. The van der Waals surface area contributed by atoms with E-state index in [-0.39, 0.29) is 24.9 Å². The van der Waals surface area contributed by atoms with Crippen molar-refractivity contribution in [3.8, 4) is 23.0 Å². The van der Waals surface area contributed by atoms with Crippen LogP contribution >= 0.6 is 0 Å². The maximum Gasteiger partial charge on any atom is 0.161 e. The first-order valence-electron chi connectivity index (χ1n) is 12.2. The molecule has 3 heterocycles. The van der Waals surface area contributed by atoms with E-state index in [1.165, 1.54) is 0 Å². The largest absolute Gasteiger partial charge is 0.497 e. The van der Waals surface area contributed by atoms with Gasteiger partial charge in [0.25, 0.3) is 0 Å². The van der Waals surface area contributed by atoms with E-state index in [4.69, 9.17) is 23.7 Å². The van der Waals surface area contributed by atoms with Crippen LogP contribution in [0.1, 0.15) is 24.8 Å². The summed E-state index contributed by atoms with van der Waals surface area (Å²) in [7, 11) is 1.65. The highest BCUT2D eigenvalue weighted by atomic mass is 16.6. The van der Waals surface area contributed by atoms with Crippen LogP contribution in [0.4, 0.5) is 0 Å². The van der Waals surface area contributed by atoms with Crippen LogP contribution < -0.4 is 24.3 Å². The third kappa shape index (κ3) is 5.61. The molecule has 2 aliphatic rings. The number of nitrogens with one attached hydrogen (secondary N) is 1. The Balaban J connectivity index is 1.18. The van der Waals surface area contributed by atoms with Crippen molar-refractivity contribution in [1.82, 2.24) is 10.3 Å². The molecule has 0 bridgehead atoms. The standard InChI is InChI=1S/C27H32N2O6/c1-31-19-3-5-22-21(15-19)24(8-10-28-22)34-17-20-4-6-23(25(35-20)9-11-30)29-16-18-2-7-26-27(14-18)33-13-12-32-26/h2-3,5,7-8,10,14-15,20,23,25,29-30H,4,6,9,11-13,16-17H2,1H3/t20-,23+,25+/m0/s1. The fourth-order valence-corrected chi connectivity index (χ4v) is 4.70. The molecular formula is C27H32N2O6. The number of pyridine rings is 1. The molecule has 0 saturated carbocycles. The van der Waals surface area contributed by atoms with E-state index >= 15 is 0 Å². The molecule has 2 aliphatic heterocycles.